The third-order valence-electron chi connectivity index (χ3n) is 6.24. The van der Waals surface area contributed by atoms with Crippen molar-refractivity contribution < 1.29 is 4.79 Å². The van der Waals surface area contributed by atoms with E-state index in [-0.39, 0.29) is 6.03 Å². The Bertz CT molecular complexity index is 624. The van der Waals surface area contributed by atoms with Gasteiger partial charge in [0.05, 0.1) is 0 Å². The minimum atomic E-state index is 0.0731. The van der Waals surface area contributed by atoms with Gasteiger partial charge in [-0.1, -0.05) is 18.2 Å². The van der Waals surface area contributed by atoms with Gasteiger partial charge in [0.25, 0.3) is 0 Å². The zero-order valence-electron chi connectivity index (χ0n) is 15.4. The maximum Gasteiger partial charge on any atom is 0.322 e. The first-order valence-electron chi connectivity index (χ1n) is 9.75. The predicted octanol–water partition coefficient (Wildman–Crippen LogP) is 2.98. The SMILES string of the molecule is CC(C)N1CCC(N2CCC(N3Cc4ccccc4NC3=O)CC2)C1. The van der Waals surface area contributed by atoms with Gasteiger partial charge >= 0.3 is 6.03 Å². The lowest BCUT2D eigenvalue weighted by atomic mass is 9.99. The number of fused-ring (bicyclic) bond motifs is 1. The van der Waals surface area contributed by atoms with E-state index < -0.39 is 0 Å². The van der Waals surface area contributed by atoms with Crippen LogP contribution in [-0.2, 0) is 6.54 Å². The molecule has 0 radical (unpaired) electrons. The third-order valence-corrected chi connectivity index (χ3v) is 6.24. The molecule has 25 heavy (non-hydrogen) atoms. The van der Waals surface area contributed by atoms with Crippen LogP contribution < -0.4 is 5.32 Å². The summed E-state index contributed by atoms with van der Waals surface area (Å²) in [4.78, 5) is 19.8. The standard InChI is InChI=1S/C20H30N4O/c1-15(2)23-12-9-18(14-23)22-10-7-17(8-11-22)24-13-16-5-3-4-6-19(16)21-20(24)25/h3-6,15,17-18H,7-14H2,1-2H3,(H,21,25). The third kappa shape index (κ3) is 3.40. The van der Waals surface area contributed by atoms with Gasteiger partial charge in [-0.05, 0) is 44.7 Å². The van der Waals surface area contributed by atoms with Crippen molar-refractivity contribution in [3.05, 3.63) is 29.8 Å². The average molecular weight is 342 g/mol. The van der Waals surface area contributed by atoms with Gasteiger partial charge in [0.2, 0.25) is 0 Å². The number of hydrogen-bond acceptors (Lipinski definition) is 3. The zero-order valence-corrected chi connectivity index (χ0v) is 15.4. The van der Waals surface area contributed by atoms with Crippen molar-refractivity contribution in [3.8, 4) is 0 Å². The summed E-state index contributed by atoms with van der Waals surface area (Å²) in [6, 6.07) is 9.95. The lowest BCUT2D eigenvalue weighted by Crippen LogP contribution is -2.52. The number of amides is 2. The molecule has 1 aromatic rings. The van der Waals surface area contributed by atoms with Crippen molar-refractivity contribution >= 4 is 11.7 Å². The molecule has 3 aliphatic heterocycles. The van der Waals surface area contributed by atoms with Gasteiger partial charge in [-0.3, -0.25) is 9.80 Å². The summed E-state index contributed by atoms with van der Waals surface area (Å²) < 4.78 is 0. The van der Waals surface area contributed by atoms with Crippen LogP contribution in [0.5, 0.6) is 0 Å². The molecule has 2 saturated heterocycles. The van der Waals surface area contributed by atoms with Crippen molar-refractivity contribution in [2.75, 3.05) is 31.5 Å². The fourth-order valence-corrected chi connectivity index (χ4v) is 4.62. The second-order valence-electron chi connectivity index (χ2n) is 8.01. The molecule has 0 aliphatic carbocycles. The molecule has 0 spiro atoms. The fraction of sp³-hybridized carbons (Fsp3) is 0.650. The molecular weight excluding hydrogens is 312 g/mol. The summed E-state index contributed by atoms with van der Waals surface area (Å²) in [7, 11) is 0. The van der Waals surface area contributed by atoms with E-state index in [9.17, 15) is 4.79 Å². The number of rotatable bonds is 3. The minimum Gasteiger partial charge on any atom is -0.317 e. The van der Waals surface area contributed by atoms with E-state index in [0.29, 0.717) is 18.1 Å². The second-order valence-corrected chi connectivity index (χ2v) is 8.01. The average Bonchev–Trinajstić information content (AvgIpc) is 3.12. The number of nitrogens with one attached hydrogen (secondary N) is 1. The van der Waals surface area contributed by atoms with Gasteiger partial charge in [-0.25, -0.2) is 4.79 Å². The number of piperidine rings is 1. The van der Waals surface area contributed by atoms with E-state index in [1.54, 1.807) is 0 Å². The fourth-order valence-electron chi connectivity index (χ4n) is 4.62. The quantitative estimate of drug-likeness (QED) is 0.918. The van der Waals surface area contributed by atoms with Crippen LogP contribution >= 0.6 is 0 Å². The molecule has 5 nitrogen and oxygen atoms in total. The summed E-state index contributed by atoms with van der Waals surface area (Å²) >= 11 is 0. The van der Waals surface area contributed by atoms with Gasteiger partial charge in [0, 0.05) is 56.5 Å². The number of carbonyl (C=O) groups is 1. The Morgan fingerprint density at radius 2 is 1.76 bits per heavy atom. The second kappa shape index (κ2) is 6.96. The smallest absolute Gasteiger partial charge is 0.317 e. The normalized spacial score (nSPS) is 26.1. The van der Waals surface area contributed by atoms with Gasteiger partial charge < -0.3 is 10.2 Å². The van der Waals surface area contributed by atoms with E-state index in [2.05, 4.69) is 46.0 Å². The van der Waals surface area contributed by atoms with Crippen LogP contribution in [0.25, 0.3) is 0 Å². The largest absolute Gasteiger partial charge is 0.322 e. The first-order valence-corrected chi connectivity index (χ1v) is 9.75. The van der Waals surface area contributed by atoms with Crippen molar-refractivity contribution in [2.45, 2.75) is 57.8 Å². The Kier molecular flexibility index (Phi) is 4.69. The monoisotopic (exact) mass is 342 g/mol. The molecule has 3 aliphatic rings. The number of benzene rings is 1. The molecule has 2 fully saturated rings. The molecule has 4 rings (SSSR count). The lowest BCUT2D eigenvalue weighted by molar-refractivity contribution is 0.0955. The number of likely N-dealkylation sites (tertiary alicyclic amines) is 2. The summed E-state index contributed by atoms with van der Waals surface area (Å²) in [6.07, 6.45) is 3.47. The van der Waals surface area contributed by atoms with Crippen LogP contribution in [0.4, 0.5) is 10.5 Å². The molecule has 0 saturated carbocycles. The van der Waals surface area contributed by atoms with Crippen molar-refractivity contribution in [1.29, 1.82) is 0 Å². The van der Waals surface area contributed by atoms with Crippen molar-refractivity contribution in [3.63, 3.8) is 0 Å². The van der Waals surface area contributed by atoms with Crippen LogP contribution in [0.1, 0.15) is 38.7 Å². The highest BCUT2D eigenvalue weighted by Gasteiger charge is 2.35. The van der Waals surface area contributed by atoms with Crippen molar-refractivity contribution in [1.82, 2.24) is 14.7 Å². The van der Waals surface area contributed by atoms with Crippen molar-refractivity contribution in [2.24, 2.45) is 0 Å². The van der Waals surface area contributed by atoms with E-state index in [4.69, 9.17) is 0 Å². The van der Waals surface area contributed by atoms with E-state index in [0.717, 1.165) is 38.2 Å². The summed E-state index contributed by atoms with van der Waals surface area (Å²) in [5.41, 5.74) is 2.20. The van der Waals surface area contributed by atoms with Crippen LogP contribution in [0.2, 0.25) is 0 Å². The highest BCUT2D eigenvalue weighted by Crippen LogP contribution is 2.29. The Hall–Kier alpha value is -1.59. The molecule has 1 atom stereocenters. The van der Waals surface area contributed by atoms with Gasteiger partial charge in [-0.15, -0.1) is 0 Å². The summed E-state index contributed by atoms with van der Waals surface area (Å²) in [6.45, 7) is 10.0. The molecule has 136 valence electrons. The Morgan fingerprint density at radius 1 is 1.04 bits per heavy atom. The zero-order chi connectivity index (χ0) is 17.4. The number of anilines is 1. The molecule has 1 unspecified atom stereocenters. The van der Waals surface area contributed by atoms with Crippen LogP contribution in [0.3, 0.4) is 0 Å². The molecule has 1 N–H and O–H groups in total. The maximum absolute atomic E-state index is 12.5. The Balaban J connectivity index is 1.34. The Morgan fingerprint density at radius 3 is 2.48 bits per heavy atom. The number of para-hydroxylation sites is 1. The number of hydrogen-bond donors (Lipinski definition) is 1. The van der Waals surface area contributed by atoms with Crippen LogP contribution in [0.15, 0.2) is 24.3 Å². The first kappa shape index (κ1) is 16.9. The van der Waals surface area contributed by atoms with E-state index in [1.807, 2.05) is 12.1 Å². The highest BCUT2D eigenvalue weighted by molar-refractivity contribution is 5.92. The van der Waals surface area contributed by atoms with Crippen LogP contribution in [0, 0.1) is 0 Å². The molecule has 2 amide bonds. The number of nitrogens with zero attached hydrogens (tertiary/aromatic N) is 3. The first-order chi connectivity index (χ1) is 12.1. The highest BCUT2D eigenvalue weighted by atomic mass is 16.2. The molecule has 1 aromatic carbocycles. The van der Waals surface area contributed by atoms with E-state index >= 15 is 0 Å². The van der Waals surface area contributed by atoms with E-state index in [1.165, 1.54) is 25.1 Å². The molecule has 0 bridgehead atoms. The molecule has 3 heterocycles. The summed E-state index contributed by atoms with van der Waals surface area (Å²) in [5.74, 6) is 0. The molecule has 0 aromatic heterocycles. The van der Waals surface area contributed by atoms with Gasteiger partial charge in [0.15, 0.2) is 0 Å². The summed E-state index contributed by atoms with van der Waals surface area (Å²) in [5, 5.41) is 3.06. The number of carbonyl (C=O) groups excluding carboxylic acids is 1. The number of urea groups is 1. The predicted molar refractivity (Wildman–Crippen MR) is 101 cm³/mol. The minimum absolute atomic E-state index is 0.0731. The topological polar surface area (TPSA) is 38.8 Å². The van der Waals surface area contributed by atoms with Gasteiger partial charge in [0.1, 0.15) is 0 Å². The van der Waals surface area contributed by atoms with Gasteiger partial charge in [-0.2, -0.15) is 0 Å². The van der Waals surface area contributed by atoms with Crippen LogP contribution in [-0.4, -0.2) is 65.0 Å². The maximum atomic E-state index is 12.5. The Labute approximate surface area is 151 Å². The lowest BCUT2D eigenvalue weighted by Gasteiger charge is -2.42. The molecular formula is C20H30N4O. The molecule has 5 heteroatoms.